The second-order valence-corrected chi connectivity index (χ2v) is 14.2. The van der Waals surface area contributed by atoms with E-state index < -0.39 is 54.2 Å². The molecule has 4 aromatic carbocycles. The number of hydrogen-bond donors (Lipinski definition) is 1. The van der Waals surface area contributed by atoms with Gasteiger partial charge in [-0.2, -0.15) is 0 Å². The molecule has 1 fully saturated rings. The van der Waals surface area contributed by atoms with Crippen LogP contribution in [0, 0.1) is 0 Å². The molecule has 1 N–H and O–H groups in total. The molecule has 0 radical (unpaired) electrons. The number of ether oxygens (including phenoxy) is 7. The van der Waals surface area contributed by atoms with Gasteiger partial charge < -0.3 is 38.5 Å². The van der Waals surface area contributed by atoms with Crippen LogP contribution in [-0.4, -0.2) is 67.4 Å². The van der Waals surface area contributed by atoms with E-state index in [0.29, 0.717) is 6.61 Å². The first-order valence-electron chi connectivity index (χ1n) is 18.6. The third kappa shape index (κ3) is 13.1. The van der Waals surface area contributed by atoms with E-state index in [4.69, 9.17) is 33.2 Å². The largest absolute Gasteiger partial charge is 0.466 e. The summed E-state index contributed by atoms with van der Waals surface area (Å²) in [6.07, 6.45) is -4.81. The summed E-state index contributed by atoms with van der Waals surface area (Å²) in [4.78, 5) is 26.6. The molecule has 1 aliphatic rings. The summed E-state index contributed by atoms with van der Waals surface area (Å²) in [6, 6.07) is 38.4. The predicted molar refractivity (Wildman–Crippen MR) is 204 cm³/mol. The van der Waals surface area contributed by atoms with Crippen LogP contribution in [0.1, 0.15) is 56.4 Å². The van der Waals surface area contributed by atoms with E-state index in [1.807, 2.05) is 121 Å². The van der Waals surface area contributed by atoms with Crippen LogP contribution in [-0.2, 0) is 64.4 Å². The monoisotopic (exact) mass is 739 g/mol. The first kappa shape index (κ1) is 40.6. The smallest absolute Gasteiger partial charge is 0.407 e. The maximum absolute atomic E-state index is 13.4. The van der Waals surface area contributed by atoms with Crippen molar-refractivity contribution < 1.29 is 42.7 Å². The van der Waals surface area contributed by atoms with Gasteiger partial charge in [0.25, 0.3) is 0 Å². The lowest BCUT2D eigenvalue weighted by Crippen LogP contribution is -2.66. The molecule has 1 saturated heterocycles. The van der Waals surface area contributed by atoms with Gasteiger partial charge in [-0.1, -0.05) is 121 Å². The molecular weight excluding hydrogens is 686 g/mol. The molecule has 4 aromatic rings. The Morgan fingerprint density at radius 3 is 1.56 bits per heavy atom. The Morgan fingerprint density at radius 1 is 0.648 bits per heavy atom. The molecule has 10 heteroatoms. The SMILES string of the molecule is CCOC(=O)C[C@@H](NC(=O)OC(C)(C)C)[C@@H]1O[C@H](COCc2ccccc2)[C@H](OCc2ccccc2)[C@H](OCc2ccccc2)[C@H]1OCc1ccccc1. The first-order valence-corrected chi connectivity index (χ1v) is 18.6. The Balaban J connectivity index is 1.55. The number of nitrogens with one attached hydrogen (secondary N) is 1. The van der Waals surface area contributed by atoms with Gasteiger partial charge in [0.15, 0.2) is 0 Å². The van der Waals surface area contributed by atoms with Crippen molar-refractivity contribution in [3.8, 4) is 0 Å². The van der Waals surface area contributed by atoms with Crippen molar-refractivity contribution in [2.45, 2.75) is 103 Å². The molecule has 0 bridgehead atoms. The zero-order valence-electron chi connectivity index (χ0n) is 31.6. The summed E-state index contributed by atoms with van der Waals surface area (Å²) < 4.78 is 44.7. The molecule has 0 aliphatic carbocycles. The number of rotatable bonds is 18. The van der Waals surface area contributed by atoms with Crippen LogP contribution in [0.5, 0.6) is 0 Å². The number of esters is 1. The van der Waals surface area contributed by atoms with Gasteiger partial charge in [-0.25, -0.2) is 4.79 Å². The maximum atomic E-state index is 13.4. The van der Waals surface area contributed by atoms with E-state index in [9.17, 15) is 9.59 Å². The molecule has 0 spiro atoms. The van der Waals surface area contributed by atoms with Crippen molar-refractivity contribution in [2.75, 3.05) is 13.2 Å². The molecule has 1 amide bonds. The fraction of sp³-hybridized carbons (Fsp3) is 0.409. The standard InChI is InChI=1S/C44H53NO9/c1-5-49-38(46)26-36(45-43(47)54-44(2,3)4)39-41(51-29-34-22-14-8-15-23-34)42(52-30-35-24-16-9-17-25-35)40(50-28-33-20-12-7-13-21-33)37(53-39)31-48-27-32-18-10-6-11-19-32/h6-25,36-37,39-42H,5,26-31H2,1-4H3,(H,45,47)/t36-,37-,39+,40+,41+,42+/m1/s1. The van der Waals surface area contributed by atoms with E-state index in [1.165, 1.54) is 0 Å². The second kappa shape index (κ2) is 20.8. The lowest BCUT2D eigenvalue weighted by molar-refractivity contribution is -0.277. The van der Waals surface area contributed by atoms with Gasteiger partial charge in [-0.15, -0.1) is 0 Å². The Morgan fingerprint density at radius 2 is 1.09 bits per heavy atom. The highest BCUT2D eigenvalue weighted by atomic mass is 16.6. The number of carbonyl (C=O) groups is 2. The molecule has 288 valence electrons. The summed E-state index contributed by atoms with van der Waals surface area (Å²) in [5, 5.41) is 2.93. The number of amides is 1. The molecule has 5 rings (SSSR count). The van der Waals surface area contributed by atoms with Gasteiger partial charge >= 0.3 is 12.1 Å². The minimum absolute atomic E-state index is 0.125. The van der Waals surface area contributed by atoms with Crippen molar-refractivity contribution in [1.29, 1.82) is 0 Å². The summed E-state index contributed by atoms with van der Waals surface area (Å²) >= 11 is 0. The molecule has 0 aromatic heterocycles. The minimum Gasteiger partial charge on any atom is -0.466 e. The van der Waals surface area contributed by atoms with E-state index in [-0.39, 0.29) is 39.5 Å². The number of carbonyl (C=O) groups excluding carboxylic acids is 2. The molecule has 0 saturated carbocycles. The van der Waals surface area contributed by atoms with E-state index in [2.05, 4.69) is 5.32 Å². The predicted octanol–water partition coefficient (Wildman–Crippen LogP) is 7.57. The van der Waals surface area contributed by atoms with Gasteiger partial charge in [0.1, 0.15) is 36.1 Å². The summed E-state index contributed by atoms with van der Waals surface area (Å²) in [5.74, 6) is -0.509. The summed E-state index contributed by atoms with van der Waals surface area (Å²) in [6.45, 7) is 8.42. The highest BCUT2D eigenvalue weighted by molar-refractivity contribution is 5.73. The minimum atomic E-state index is -0.936. The topological polar surface area (TPSA) is 111 Å². The molecule has 0 unspecified atom stereocenters. The van der Waals surface area contributed by atoms with Gasteiger partial charge in [-0.05, 0) is 49.9 Å². The summed E-state index contributed by atoms with van der Waals surface area (Å²) in [5.41, 5.74) is 3.06. The van der Waals surface area contributed by atoms with E-state index >= 15 is 0 Å². The second-order valence-electron chi connectivity index (χ2n) is 14.2. The Labute approximate surface area is 319 Å². The van der Waals surface area contributed by atoms with Crippen LogP contribution < -0.4 is 5.32 Å². The van der Waals surface area contributed by atoms with Crippen molar-refractivity contribution in [1.82, 2.24) is 5.32 Å². The van der Waals surface area contributed by atoms with Crippen molar-refractivity contribution in [3.63, 3.8) is 0 Å². The molecular formula is C44H53NO9. The fourth-order valence-electron chi connectivity index (χ4n) is 6.26. The fourth-order valence-corrected chi connectivity index (χ4v) is 6.26. The Kier molecular flexibility index (Phi) is 15.6. The van der Waals surface area contributed by atoms with Crippen LogP contribution >= 0.6 is 0 Å². The number of alkyl carbamates (subject to hydrolysis) is 1. The van der Waals surface area contributed by atoms with Gasteiger partial charge in [0.05, 0.1) is 52.1 Å². The summed E-state index contributed by atoms with van der Waals surface area (Å²) in [7, 11) is 0. The highest BCUT2D eigenvalue weighted by Crippen LogP contribution is 2.33. The lowest BCUT2D eigenvalue weighted by Gasteiger charge is -2.48. The molecule has 6 atom stereocenters. The average Bonchev–Trinajstić information content (AvgIpc) is 3.16. The van der Waals surface area contributed by atoms with Crippen molar-refractivity contribution in [2.24, 2.45) is 0 Å². The third-order valence-corrected chi connectivity index (χ3v) is 8.71. The molecule has 10 nitrogen and oxygen atoms in total. The average molecular weight is 740 g/mol. The third-order valence-electron chi connectivity index (χ3n) is 8.71. The highest BCUT2D eigenvalue weighted by Gasteiger charge is 2.51. The molecule has 1 heterocycles. The quantitative estimate of drug-likeness (QED) is 0.103. The van der Waals surface area contributed by atoms with Crippen LogP contribution in [0.2, 0.25) is 0 Å². The zero-order valence-corrected chi connectivity index (χ0v) is 31.6. The molecule has 54 heavy (non-hydrogen) atoms. The van der Waals surface area contributed by atoms with Crippen LogP contribution in [0.3, 0.4) is 0 Å². The first-order chi connectivity index (χ1) is 26.2. The van der Waals surface area contributed by atoms with E-state index in [1.54, 1.807) is 27.7 Å². The Hall–Kier alpha value is -4.58. The zero-order chi connectivity index (χ0) is 38.2. The van der Waals surface area contributed by atoms with Crippen molar-refractivity contribution >= 4 is 12.1 Å². The van der Waals surface area contributed by atoms with Gasteiger partial charge in [-0.3, -0.25) is 4.79 Å². The van der Waals surface area contributed by atoms with Crippen LogP contribution in [0.25, 0.3) is 0 Å². The normalized spacial score (nSPS) is 20.5. The lowest BCUT2D eigenvalue weighted by atomic mass is 9.89. The van der Waals surface area contributed by atoms with Crippen LogP contribution in [0.15, 0.2) is 121 Å². The number of hydrogen-bond acceptors (Lipinski definition) is 9. The van der Waals surface area contributed by atoms with Gasteiger partial charge in [0.2, 0.25) is 0 Å². The van der Waals surface area contributed by atoms with Gasteiger partial charge in [0, 0.05) is 0 Å². The molecule has 1 aliphatic heterocycles. The Bertz CT molecular complexity index is 1670. The van der Waals surface area contributed by atoms with Crippen molar-refractivity contribution in [3.05, 3.63) is 144 Å². The van der Waals surface area contributed by atoms with Crippen LogP contribution in [0.4, 0.5) is 4.79 Å². The van der Waals surface area contributed by atoms with E-state index in [0.717, 1.165) is 22.3 Å². The maximum Gasteiger partial charge on any atom is 0.407 e. The number of benzene rings is 4.